The van der Waals surface area contributed by atoms with Gasteiger partial charge in [-0.1, -0.05) is 114 Å². The molecule has 0 aliphatic carbocycles. The van der Waals surface area contributed by atoms with Crippen molar-refractivity contribution in [2.24, 2.45) is 0 Å². The van der Waals surface area contributed by atoms with Crippen LogP contribution in [0, 0.1) is 0 Å². The third-order valence-corrected chi connectivity index (χ3v) is 6.94. The van der Waals surface area contributed by atoms with Gasteiger partial charge in [0.1, 0.15) is 0 Å². The van der Waals surface area contributed by atoms with Crippen molar-refractivity contribution in [1.82, 2.24) is 0 Å². The first-order chi connectivity index (χ1) is 13.6. The fraction of sp³-hybridized carbons (Fsp3) is 0.208. The summed E-state index contributed by atoms with van der Waals surface area (Å²) in [5.41, 5.74) is 0. The summed E-state index contributed by atoms with van der Waals surface area (Å²) in [5.74, 6) is -0.705. The Bertz CT molecular complexity index is 714. The van der Waals surface area contributed by atoms with Crippen LogP contribution in [-0.2, 0) is 4.79 Å². The third kappa shape index (κ3) is 7.96. The zero-order valence-corrected chi connectivity index (χ0v) is 18.5. The van der Waals surface area contributed by atoms with Gasteiger partial charge in [0, 0.05) is 11.2 Å². The minimum absolute atomic E-state index is 0.288. The van der Waals surface area contributed by atoms with Crippen molar-refractivity contribution < 1.29 is 9.90 Å². The van der Waals surface area contributed by atoms with Crippen molar-refractivity contribution in [3.63, 3.8) is 0 Å². The lowest BCUT2D eigenvalue weighted by Gasteiger charge is -2.18. The predicted molar refractivity (Wildman–Crippen MR) is 125 cm³/mol. The van der Waals surface area contributed by atoms with E-state index in [1.807, 2.05) is 6.92 Å². The molecule has 4 heteroatoms. The highest BCUT2D eigenvalue weighted by Gasteiger charge is 2.14. The van der Waals surface area contributed by atoms with E-state index in [9.17, 15) is 4.79 Å². The summed E-state index contributed by atoms with van der Waals surface area (Å²) in [5, 5.41) is 12.4. The number of alkyl halides is 1. The maximum Gasteiger partial charge on any atom is 0.303 e. The molecule has 3 aromatic carbocycles. The maximum atomic E-state index is 9.97. The van der Waals surface area contributed by atoms with Crippen LogP contribution in [0.3, 0.4) is 0 Å². The number of hydrogen-bond donors (Lipinski definition) is 1. The second-order valence-electron chi connectivity index (χ2n) is 6.41. The molecule has 0 fully saturated rings. The number of carbonyl (C=O) groups is 1. The Kier molecular flexibility index (Phi) is 9.96. The molecule has 3 aromatic rings. The van der Waals surface area contributed by atoms with Crippen LogP contribution >= 0.6 is 23.9 Å². The highest BCUT2D eigenvalue weighted by atomic mass is 79.9. The van der Waals surface area contributed by atoms with Gasteiger partial charge in [-0.25, -0.2) is 0 Å². The van der Waals surface area contributed by atoms with Crippen LogP contribution in [0.15, 0.2) is 91.0 Å². The van der Waals surface area contributed by atoms with E-state index in [0.29, 0.717) is 4.83 Å². The maximum absolute atomic E-state index is 9.97. The van der Waals surface area contributed by atoms with E-state index in [-0.39, 0.29) is 6.42 Å². The molecule has 1 atom stereocenters. The molecule has 28 heavy (non-hydrogen) atoms. The van der Waals surface area contributed by atoms with Crippen LogP contribution in [-0.4, -0.2) is 15.9 Å². The molecule has 1 N–H and O–H groups in total. The van der Waals surface area contributed by atoms with E-state index in [1.165, 1.54) is 15.9 Å². The Morgan fingerprint density at radius 3 is 1.46 bits per heavy atom. The van der Waals surface area contributed by atoms with E-state index in [1.54, 1.807) is 0 Å². The first kappa shape index (κ1) is 22.3. The topological polar surface area (TPSA) is 37.3 Å². The molecule has 0 saturated heterocycles. The molecule has 0 unspecified atom stereocenters. The van der Waals surface area contributed by atoms with Gasteiger partial charge < -0.3 is 5.11 Å². The second kappa shape index (κ2) is 12.5. The van der Waals surface area contributed by atoms with Crippen LogP contribution in [0.25, 0.3) is 0 Å². The quantitative estimate of drug-likeness (QED) is 0.378. The van der Waals surface area contributed by atoms with Gasteiger partial charge in [0.15, 0.2) is 0 Å². The van der Waals surface area contributed by atoms with Crippen molar-refractivity contribution in [3.05, 3.63) is 91.0 Å². The smallest absolute Gasteiger partial charge is 0.303 e. The summed E-state index contributed by atoms with van der Waals surface area (Å²) in [6, 6.07) is 32.3. The fourth-order valence-electron chi connectivity index (χ4n) is 2.71. The Balaban J connectivity index is 0.000000266. The van der Waals surface area contributed by atoms with Crippen molar-refractivity contribution >= 4 is 45.7 Å². The molecule has 0 aliphatic heterocycles. The number of rotatable bonds is 7. The molecular weight excluding hydrogens is 431 g/mol. The molecular formula is C24H26BrO2P. The molecule has 0 heterocycles. The summed E-state index contributed by atoms with van der Waals surface area (Å²) >= 11 is 3.33. The van der Waals surface area contributed by atoms with Crippen molar-refractivity contribution in [1.29, 1.82) is 0 Å². The normalized spacial score (nSPS) is 11.4. The standard InChI is InChI=1S/C18H15P.C6H11BrO2/c1-4-10-16(11-5-1)19(17-12-6-2-7-13-17)18-14-8-3-9-15-18;1-5(7)3-2-4-6(8)9/h1-15H;5H,2-4H2,1H3,(H,8,9)/t;5-/m.0/s1. The molecule has 2 nitrogen and oxygen atoms in total. The van der Waals surface area contributed by atoms with Gasteiger partial charge in [0.2, 0.25) is 0 Å². The van der Waals surface area contributed by atoms with Gasteiger partial charge in [-0.15, -0.1) is 0 Å². The molecule has 0 aromatic heterocycles. The first-order valence-corrected chi connectivity index (χ1v) is 11.6. The zero-order chi connectivity index (χ0) is 20.2. The van der Waals surface area contributed by atoms with Gasteiger partial charge in [0.25, 0.3) is 0 Å². The zero-order valence-electron chi connectivity index (χ0n) is 16.0. The molecule has 3 rings (SSSR count). The average Bonchev–Trinajstić information content (AvgIpc) is 2.71. The van der Waals surface area contributed by atoms with Gasteiger partial charge in [0.05, 0.1) is 0 Å². The van der Waals surface area contributed by atoms with E-state index in [0.717, 1.165) is 12.8 Å². The molecule has 0 saturated carbocycles. The Morgan fingerprint density at radius 2 is 1.18 bits per heavy atom. The fourth-order valence-corrected chi connectivity index (χ4v) is 5.34. The summed E-state index contributed by atoms with van der Waals surface area (Å²) in [4.78, 5) is 10.4. The summed E-state index contributed by atoms with van der Waals surface area (Å²) in [6.07, 6.45) is 1.99. The monoisotopic (exact) mass is 456 g/mol. The molecule has 0 bridgehead atoms. The van der Waals surface area contributed by atoms with Crippen LogP contribution < -0.4 is 15.9 Å². The van der Waals surface area contributed by atoms with Crippen molar-refractivity contribution in [2.45, 2.75) is 31.0 Å². The third-order valence-electron chi connectivity index (χ3n) is 4.04. The van der Waals surface area contributed by atoms with Gasteiger partial charge in [-0.3, -0.25) is 4.79 Å². The number of carboxylic acid groups (broad SMARTS) is 1. The van der Waals surface area contributed by atoms with Crippen LogP contribution in [0.5, 0.6) is 0 Å². The van der Waals surface area contributed by atoms with Crippen molar-refractivity contribution in [3.8, 4) is 0 Å². The number of aliphatic carboxylic acids is 1. The minimum Gasteiger partial charge on any atom is -0.481 e. The highest BCUT2D eigenvalue weighted by Crippen LogP contribution is 2.32. The largest absolute Gasteiger partial charge is 0.481 e. The van der Waals surface area contributed by atoms with Crippen LogP contribution in [0.4, 0.5) is 0 Å². The summed E-state index contributed by atoms with van der Waals surface area (Å²) < 4.78 is 0. The Morgan fingerprint density at radius 1 is 0.821 bits per heavy atom. The van der Waals surface area contributed by atoms with Gasteiger partial charge in [-0.05, 0) is 36.7 Å². The summed E-state index contributed by atoms with van der Waals surface area (Å²) in [6.45, 7) is 2.02. The molecule has 0 spiro atoms. The molecule has 0 radical (unpaired) electrons. The van der Waals surface area contributed by atoms with Crippen LogP contribution in [0.1, 0.15) is 26.2 Å². The second-order valence-corrected chi connectivity index (χ2v) is 10.2. The molecule has 146 valence electrons. The lowest BCUT2D eigenvalue weighted by atomic mass is 10.2. The van der Waals surface area contributed by atoms with Crippen molar-refractivity contribution in [2.75, 3.05) is 0 Å². The molecule has 0 amide bonds. The Labute approximate surface area is 177 Å². The minimum atomic E-state index is -0.705. The van der Waals surface area contributed by atoms with E-state index in [4.69, 9.17) is 5.11 Å². The number of benzene rings is 3. The number of halogens is 1. The van der Waals surface area contributed by atoms with E-state index >= 15 is 0 Å². The van der Waals surface area contributed by atoms with E-state index < -0.39 is 13.9 Å². The van der Waals surface area contributed by atoms with E-state index in [2.05, 4.69) is 107 Å². The Hall–Kier alpha value is -1.96. The van der Waals surface area contributed by atoms with Gasteiger partial charge >= 0.3 is 5.97 Å². The SMILES string of the molecule is C[C@H](Br)CCCC(=O)O.c1ccc(P(c2ccccc2)c2ccccc2)cc1. The lowest BCUT2D eigenvalue weighted by Crippen LogP contribution is -2.20. The average molecular weight is 457 g/mol. The van der Waals surface area contributed by atoms with Gasteiger partial charge in [-0.2, -0.15) is 0 Å². The number of carboxylic acids is 1. The first-order valence-electron chi connectivity index (χ1n) is 9.39. The highest BCUT2D eigenvalue weighted by molar-refractivity contribution is 9.09. The number of hydrogen-bond acceptors (Lipinski definition) is 1. The predicted octanol–water partition coefficient (Wildman–Crippen LogP) is 5.47. The summed E-state index contributed by atoms with van der Waals surface area (Å²) in [7, 11) is -0.446. The lowest BCUT2D eigenvalue weighted by molar-refractivity contribution is -0.137. The van der Waals surface area contributed by atoms with Crippen LogP contribution in [0.2, 0.25) is 0 Å². The molecule has 0 aliphatic rings.